The number of carbonyl (C=O) groups excluding carboxylic acids is 1. The monoisotopic (exact) mass is 413 g/mol. The zero-order valence-electron chi connectivity index (χ0n) is 15.0. The summed E-state index contributed by atoms with van der Waals surface area (Å²) in [6.45, 7) is 1.17. The van der Waals surface area contributed by atoms with Crippen molar-refractivity contribution >= 4 is 38.9 Å². The molecule has 1 fully saturated rings. The number of aromatic nitrogens is 1. The van der Waals surface area contributed by atoms with Gasteiger partial charge in [0, 0.05) is 32.4 Å². The van der Waals surface area contributed by atoms with Gasteiger partial charge < -0.3 is 9.88 Å². The molecule has 1 aliphatic rings. The first-order valence-corrected chi connectivity index (χ1v) is 10.8. The Morgan fingerprint density at radius 2 is 1.64 bits per heavy atom. The van der Waals surface area contributed by atoms with Gasteiger partial charge in [0.25, 0.3) is 5.91 Å². The highest BCUT2D eigenvalue weighted by molar-refractivity contribution is 7.89. The summed E-state index contributed by atoms with van der Waals surface area (Å²) in [4.78, 5) is 17.4. The molecule has 0 radical (unpaired) electrons. The van der Waals surface area contributed by atoms with Gasteiger partial charge in [-0.15, -0.1) is 0 Å². The van der Waals surface area contributed by atoms with Crippen LogP contribution in [0.15, 0.2) is 65.7 Å². The third kappa shape index (κ3) is 3.46. The summed E-state index contributed by atoms with van der Waals surface area (Å²) in [5.74, 6) is -0.176. The highest BCUT2D eigenvalue weighted by atomic mass is 32.2. The summed E-state index contributed by atoms with van der Waals surface area (Å²) in [5.41, 5.74) is 0.434. The van der Waals surface area contributed by atoms with E-state index in [0.717, 1.165) is 10.8 Å². The van der Waals surface area contributed by atoms with Crippen LogP contribution in [0.5, 0.6) is 0 Å². The maximum absolute atomic E-state index is 13.0. The van der Waals surface area contributed by atoms with Gasteiger partial charge in [-0.2, -0.15) is 4.31 Å². The molecule has 1 aliphatic heterocycles. The fourth-order valence-corrected chi connectivity index (χ4v) is 5.05. The maximum Gasteiger partial charge on any atom is 0.256 e. The Hall–Kier alpha value is -2.55. The van der Waals surface area contributed by atoms with Gasteiger partial charge in [-0.1, -0.05) is 42.5 Å². The van der Waals surface area contributed by atoms with Gasteiger partial charge >= 0.3 is 0 Å². The molecule has 1 saturated heterocycles. The molecule has 2 heterocycles. The second-order valence-electron chi connectivity index (χ2n) is 6.62. The molecule has 0 aliphatic carbocycles. The van der Waals surface area contributed by atoms with Crippen molar-refractivity contribution in [2.75, 3.05) is 26.2 Å². The fourth-order valence-electron chi connectivity index (χ4n) is 3.37. The number of pyridine rings is 1. The molecule has 8 heteroatoms. The number of aromatic amines is 1. The Labute approximate surface area is 168 Å². The Kier molecular flexibility index (Phi) is 5.01. The predicted octanol–water partition coefficient (Wildman–Crippen LogP) is 3.04. The zero-order valence-corrected chi connectivity index (χ0v) is 16.7. The van der Waals surface area contributed by atoms with Crippen LogP contribution in [0, 0.1) is 4.64 Å². The van der Waals surface area contributed by atoms with E-state index in [-0.39, 0.29) is 23.9 Å². The number of H-pyrrole nitrogens is 1. The lowest BCUT2D eigenvalue weighted by Gasteiger charge is -2.34. The second-order valence-corrected chi connectivity index (χ2v) is 8.96. The van der Waals surface area contributed by atoms with E-state index in [2.05, 4.69) is 4.98 Å². The predicted molar refractivity (Wildman–Crippen MR) is 110 cm³/mol. The number of rotatable bonds is 3. The van der Waals surface area contributed by atoms with Crippen molar-refractivity contribution in [2.24, 2.45) is 0 Å². The molecular weight excluding hydrogens is 394 g/mol. The highest BCUT2D eigenvalue weighted by Crippen LogP contribution is 2.23. The molecule has 0 unspecified atom stereocenters. The first-order valence-electron chi connectivity index (χ1n) is 8.93. The molecule has 1 amide bonds. The molecule has 0 spiro atoms. The smallest absolute Gasteiger partial charge is 0.256 e. The van der Waals surface area contributed by atoms with Crippen molar-refractivity contribution in [1.29, 1.82) is 0 Å². The van der Waals surface area contributed by atoms with E-state index in [1.807, 2.05) is 30.3 Å². The molecule has 1 N–H and O–H groups in total. The normalized spacial score (nSPS) is 15.6. The summed E-state index contributed by atoms with van der Waals surface area (Å²) in [7, 11) is -3.61. The second kappa shape index (κ2) is 7.46. The molecule has 1 aromatic heterocycles. The van der Waals surface area contributed by atoms with Crippen LogP contribution in [0.4, 0.5) is 0 Å². The Bertz CT molecular complexity index is 1200. The van der Waals surface area contributed by atoms with Crippen LogP contribution in [0.1, 0.15) is 10.4 Å². The third-order valence-electron chi connectivity index (χ3n) is 4.93. The average Bonchev–Trinajstić information content (AvgIpc) is 2.73. The Morgan fingerprint density at radius 3 is 2.36 bits per heavy atom. The number of fused-ring (bicyclic) bond motifs is 1. The Morgan fingerprint density at radius 1 is 0.929 bits per heavy atom. The number of nitrogens with one attached hydrogen (secondary N) is 1. The van der Waals surface area contributed by atoms with E-state index >= 15 is 0 Å². The number of piperazine rings is 1. The van der Waals surface area contributed by atoms with Gasteiger partial charge in [0.05, 0.1) is 10.5 Å². The summed E-state index contributed by atoms with van der Waals surface area (Å²) in [6, 6.07) is 16.2. The lowest BCUT2D eigenvalue weighted by atomic mass is 10.1. The molecule has 0 saturated carbocycles. The molecule has 4 rings (SSSR count). The molecule has 6 nitrogen and oxygen atoms in total. The van der Waals surface area contributed by atoms with E-state index in [0.29, 0.717) is 23.3 Å². The van der Waals surface area contributed by atoms with Gasteiger partial charge in [-0.25, -0.2) is 8.42 Å². The van der Waals surface area contributed by atoms with Gasteiger partial charge in [0.2, 0.25) is 10.0 Å². The molecule has 3 aromatic rings. The summed E-state index contributed by atoms with van der Waals surface area (Å²) >= 11 is 5.17. The minimum atomic E-state index is -3.61. The molecule has 2 aromatic carbocycles. The van der Waals surface area contributed by atoms with Crippen LogP contribution in [-0.4, -0.2) is 54.7 Å². The summed E-state index contributed by atoms with van der Waals surface area (Å²) in [5, 5.41) is 1.88. The lowest BCUT2D eigenvalue weighted by molar-refractivity contribution is 0.0697. The standard InChI is InChI=1S/C20H19N3O3S2/c24-20(18-6-3-9-21-19(18)27)22-10-12-23(13-11-22)28(25,26)17-8-7-15-4-1-2-5-16(15)14-17/h1-9,14H,10-13H2,(H,21,27). The van der Waals surface area contributed by atoms with E-state index < -0.39 is 10.0 Å². The summed E-state index contributed by atoms with van der Waals surface area (Å²) in [6.07, 6.45) is 1.67. The third-order valence-corrected chi connectivity index (χ3v) is 7.17. The fraction of sp³-hybridized carbons (Fsp3) is 0.200. The number of hydrogen-bond acceptors (Lipinski definition) is 4. The molecule has 28 heavy (non-hydrogen) atoms. The Balaban J connectivity index is 1.51. The lowest BCUT2D eigenvalue weighted by Crippen LogP contribution is -2.50. The quantitative estimate of drug-likeness (QED) is 0.670. The largest absolute Gasteiger partial charge is 0.352 e. The minimum Gasteiger partial charge on any atom is -0.352 e. The van der Waals surface area contributed by atoms with Crippen molar-refractivity contribution in [3.05, 3.63) is 71.0 Å². The van der Waals surface area contributed by atoms with Gasteiger partial charge in [0.1, 0.15) is 4.64 Å². The number of hydrogen-bond donors (Lipinski definition) is 1. The molecule has 0 atom stereocenters. The van der Waals surface area contributed by atoms with E-state index in [1.165, 1.54) is 4.31 Å². The molecular formula is C20H19N3O3S2. The van der Waals surface area contributed by atoms with Gasteiger partial charge in [0.15, 0.2) is 0 Å². The van der Waals surface area contributed by atoms with Crippen LogP contribution in [-0.2, 0) is 10.0 Å². The first kappa shape index (κ1) is 18.8. The van der Waals surface area contributed by atoms with E-state index in [9.17, 15) is 13.2 Å². The van der Waals surface area contributed by atoms with E-state index in [4.69, 9.17) is 12.2 Å². The van der Waals surface area contributed by atoms with Crippen molar-refractivity contribution in [3.63, 3.8) is 0 Å². The van der Waals surface area contributed by atoms with Crippen molar-refractivity contribution in [2.45, 2.75) is 4.90 Å². The van der Waals surface area contributed by atoms with Gasteiger partial charge in [-0.3, -0.25) is 4.79 Å². The molecule has 144 valence electrons. The van der Waals surface area contributed by atoms with Gasteiger partial charge in [-0.05, 0) is 35.0 Å². The zero-order chi connectivity index (χ0) is 19.7. The minimum absolute atomic E-state index is 0.176. The van der Waals surface area contributed by atoms with Crippen LogP contribution in [0.25, 0.3) is 10.8 Å². The van der Waals surface area contributed by atoms with Crippen LogP contribution in [0.3, 0.4) is 0 Å². The number of benzene rings is 2. The highest BCUT2D eigenvalue weighted by Gasteiger charge is 2.30. The number of sulfonamides is 1. The summed E-state index contributed by atoms with van der Waals surface area (Å²) < 4.78 is 27.9. The van der Waals surface area contributed by atoms with Crippen LogP contribution >= 0.6 is 12.2 Å². The van der Waals surface area contributed by atoms with Crippen molar-refractivity contribution in [1.82, 2.24) is 14.2 Å². The number of amides is 1. The van der Waals surface area contributed by atoms with Crippen LogP contribution < -0.4 is 0 Å². The number of carbonyl (C=O) groups is 1. The topological polar surface area (TPSA) is 73.5 Å². The molecule has 0 bridgehead atoms. The van der Waals surface area contributed by atoms with Crippen molar-refractivity contribution in [3.8, 4) is 0 Å². The van der Waals surface area contributed by atoms with E-state index in [1.54, 1.807) is 35.4 Å². The number of nitrogens with zero attached hydrogens (tertiary/aromatic N) is 2. The van der Waals surface area contributed by atoms with Crippen LogP contribution in [0.2, 0.25) is 0 Å². The maximum atomic E-state index is 13.0. The average molecular weight is 414 g/mol. The van der Waals surface area contributed by atoms with Crippen molar-refractivity contribution < 1.29 is 13.2 Å². The SMILES string of the molecule is O=C(c1ccc[nH]c1=S)N1CCN(S(=O)(=O)c2ccc3ccccc3c2)CC1. The first-order chi connectivity index (χ1) is 13.5.